The third-order valence-corrected chi connectivity index (χ3v) is 5.21. The van der Waals surface area contributed by atoms with Gasteiger partial charge in [-0.15, -0.1) is 0 Å². The minimum atomic E-state index is -0.279. The van der Waals surface area contributed by atoms with E-state index in [1.54, 1.807) is 21.9 Å². The molecule has 0 saturated carbocycles. The average molecular weight is 343 g/mol. The van der Waals surface area contributed by atoms with Gasteiger partial charge in [-0.2, -0.15) is 0 Å². The smallest absolute Gasteiger partial charge is 0.327 e. The summed E-state index contributed by atoms with van der Waals surface area (Å²) in [4.78, 5) is 42.1. The third-order valence-electron chi connectivity index (χ3n) is 5.21. The van der Waals surface area contributed by atoms with Crippen molar-refractivity contribution in [1.29, 1.82) is 0 Å². The Morgan fingerprint density at radius 2 is 1.92 bits per heavy atom. The third kappa shape index (κ3) is 2.83. The highest BCUT2D eigenvalue weighted by atomic mass is 16.5. The molecule has 2 atom stereocenters. The minimum absolute atomic E-state index is 0.0343. The minimum Gasteiger partial charge on any atom is -0.484 e. The summed E-state index contributed by atoms with van der Waals surface area (Å²) in [5.74, 6) is 0.436. The molecule has 0 N–H and O–H groups in total. The van der Waals surface area contributed by atoms with Gasteiger partial charge in [0.15, 0.2) is 6.61 Å². The Morgan fingerprint density at radius 1 is 1.12 bits per heavy atom. The van der Waals surface area contributed by atoms with Crippen LogP contribution >= 0.6 is 0 Å². The van der Waals surface area contributed by atoms with Gasteiger partial charge in [0.2, 0.25) is 0 Å². The van der Waals surface area contributed by atoms with E-state index in [9.17, 15) is 14.4 Å². The van der Waals surface area contributed by atoms with Gasteiger partial charge in [0.1, 0.15) is 11.8 Å². The van der Waals surface area contributed by atoms with Gasteiger partial charge in [-0.25, -0.2) is 4.79 Å². The van der Waals surface area contributed by atoms with Crippen molar-refractivity contribution in [3.05, 3.63) is 30.3 Å². The molecule has 0 aromatic heterocycles. The van der Waals surface area contributed by atoms with Gasteiger partial charge in [0, 0.05) is 19.6 Å². The summed E-state index contributed by atoms with van der Waals surface area (Å²) in [6.45, 7) is 1.57. The monoisotopic (exact) mass is 343 g/mol. The Kier molecular flexibility index (Phi) is 4.07. The van der Waals surface area contributed by atoms with Crippen LogP contribution in [-0.2, 0) is 9.59 Å². The molecule has 3 saturated heterocycles. The van der Waals surface area contributed by atoms with Crippen molar-refractivity contribution in [2.75, 3.05) is 26.2 Å². The van der Waals surface area contributed by atoms with Crippen LogP contribution in [0.1, 0.15) is 19.3 Å². The van der Waals surface area contributed by atoms with Crippen molar-refractivity contribution in [3.63, 3.8) is 0 Å². The number of carbonyl (C=O) groups excluding carboxylic acids is 3. The number of hydrogen-bond acceptors (Lipinski definition) is 4. The molecule has 0 unspecified atom stereocenters. The number of ether oxygens (including phenoxy) is 1. The number of amides is 4. The molecule has 0 bridgehead atoms. The number of nitrogens with zero attached hydrogens (tertiary/aromatic N) is 3. The molecule has 4 amide bonds. The van der Waals surface area contributed by atoms with E-state index in [4.69, 9.17) is 4.74 Å². The van der Waals surface area contributed by atoms with E-state index in [1.807, 2.05) is 18.2 Å². The molecule has 3 fully saturated rings. The van der Waals surface area contributed by atoms with Gasteiger partial charge in [-0.3, -0.25) is 14.5 Å². The zero-order valence-corrected chi connectivity index (χ0v) is 14.0. The van der Waals surface area contributed by atoms with Crippen LogP contribution in [0.2, 0.25) is 0 Å². The summed E-state index contributed by atoms with van der Waals surface area (Å²) >= 11 is 0. The first-order valence-corrected chi connectivity index (χ1v) is 8.74. The quantitative estimate of drug-likeness (QED) is 0.768. The molecule has 0 radical (unpaired) electrons. The molecular weight excluding hydrogens is 322 g/mol. The second kappa shape index (κ2) is 6.38. The van der Waals surface area contributed by atoms with Gasteiger partial charge < -0.3 is 14.5 Å². The number of carbonyl (C=O) groups is 3. The Morgan fingerprint density at radius 3 is 2.68 bits per heavy atom. The molecule has 3 aliphatic rings. The Balaban J connectivity index is 1.34. The summed E-state index contributed by atoms with van der Waals surface area (Å²) in [7, 11) is 0. The number of urea groups is 1. The Bertz CT molecular complexity index is 671. The number of para-hydroxylation sites is 1. The standard InChI is InChI=1S/C18H21N3O4/c22-16(12-25-14-5-2-1-3-6-14)19-10-8-13(11-19)21-17(23)15-7-4-9-20(15)18(21)24/h1-3,5-6,13,15H,4,7-12H2/t13-,15-/m0/s1. The average Bonchev–Trinajstić information content (AvgIpc) is 3.33. The van der Waals surface area contributed by atoms with Gasteiger partial charge >= 0.3 is 6.03 Å². The van der Waals surface area contributed by atoms with Crippen LogP contribution in [0.25, 0.3) is 0 Å². The van der Waals surface area contributed by atoms with E-state index in [0.717, 1.165) is 12.8 Å². The first-order chi connectivity index (χ1) is 12.1. The highest BCUT2D eigenvalue weighted by Crippen LogP contribution is 2.31. The Labute approximate surface area is 146 Å². The zero-order chi connectivity index (χ0) is 17.4. The van der Waals surface area contributed by atoms with E-state index >= 15 is 0 Å². The second-order valence-electron chi connectivity index (χ2n) is 6.73. The predicted molar refractivity (Wildman–Crippen MR) is 88.9 cm³/mol. The van der Waals surface area contributed by atoms with Crippen molar-refractivity contribution >= 4 is 17.8 Å². The highest BCUT2D eigenvalue weighted by molar-refractivity contribution is 6.05. The molecule has 3 aliphatic heterocycles. The van der Waals surface area contributed by atoms with E-state index in [2.05, 4.69) is 0 Å². The van der Waals surface area contributed by atoms with Gasteiger partial charge in [0.05, 0.1) is 6.04 Å². The number of fused-ring (bicyclic) bond motifs is 1. The molecule has 1 aromatic rings. The van der Waals surface area contributed by atoms with Crippen molar-refractivity contribution in [2.24, 2.45) is 0 Å². The van der Waals surface area contributed by atoms with Crippen molar-refractivity contribution in [1.82, 2.24) is 14.7 Å². The number of imide groups is 1. The first-order valence-electron chi connectivity index (χ1n) is 8.74. The molecule has 0 aliphatic carbocycles. The maximum atomic E-state index is 12.5. The van der Waals surface area contributed by atoms with Crippen LogP contribution in [-0.4, -0.2) is 70.9 Å². The molecule has 0 spiro atoms. The first kappa shape index (κ1) is 15.9. The van der Waals surface area contributed by atoms with Crippen molar-refractivity contribution in [2.45, 2.75) is 31.3 Å². The number of hydrogen-bond donors (Lipinski definition) is 0. The van der Waals surface area contributed by atoms with Crippen LogP contribution in [0.3, 0.4) is 0 Å². The lowest BCUT2D eigenvalue weighted by Gasteiger charge is -2.23. The van der Waals surface area contributed by atoms with Crippen LogP contribution in [0, 0.1) is 0 Å². The lowest BCUT2D eigenvalue weighted by Crippen LogP contribution is -2.44. The Hall–Kier alpha value is -2.57. The van der Waals surface area contributed by atoms with Crippen LogP contribution in [0.4, 0.5) is 4.79 Å². The van der Waals surface area contributed by atoms with Gasteiger partial charge in [-0.05, 0) is 31.4 Å². The lowest BCUT2D eigenvalue weighted by molar-refractivity contribution is -0.133. The largest absolute Gasteiger partial charge is 0.484 e. The predicted octanol–water partition coefficient (Wildman–Crippen LogP) is 1.09. The SMILES string of the molecule is O=C(COc1ccccc1)N1CC[C@H](N2C(=O)[C@@H]3CCCN3C2=O)C1. The fraction of sp³-hybridized carbons (Fsp3) is 0.500. The van der Waals surface area contributed by atoms with E-state index in [0.29, 0.717) is 31.8 Å². The number of benzene rings is 1. The van der Waals surface area contributed by atoms with E-state index in [1.165, 1.54) is 4.90 Å². The van der Waals surface area contributed by atoms with Gasteiger partial charge in [0.25, 0.3) is 11.8 Å². The van der Waals surface area contributed by atoms with Crippen LogP contribution in [0.15, 0.2) is 30.3 Å². The molecular formula is C18H21N3O4. The fourth-order valence-corrected chi connectivity index (χ4v) is 3.91. The van der Waals surface area contributed by atoms with E-state index in [-0.39, 0.29) is 36.5 Å². The molecule has 7 nitrogen and oxygen atoms in total. The molecule has 4 rings (SSSR count). The number of rotatable bonds is 4. The summed E-state index contributed by atoms with van der Waals surface area (Å²) in [5, 5.41) is 0. The molecule has 132 valence electrons. The normalized spacial score (nSPS) is 25.7. The summed E-state index contributed by atoms with van der Waals surface area (Å²) in [6.07, 6.45) is 2.28. The number of likely N-dealkylation sites (tertiary alicyclic amines) is 1. The summed E-state index contributed by atoms with van der Waals surface area (Å²) in [6, 6.07) is 8.50. The lowest BCUT2D eigenvalue weighted by atomic mass is 10.2. The molecule has 1 aromatic carbocycles. The summed E-state index contributed by atoms with van der Waals surface area (Å²) in [5.41, 5.74) is 0. The molecule has 25 heavy (non-hydrogen) atoms. The topological polar surface area (TPSA) is 70.2 Å². The van der Waals surface area contributed by atoms with Crippen molar-refractivity contribution in [3.8, 4) is 5.75 Å². The molecule has 7 heteroatoms. The van der Waals surface area contributed by atoms with Crippen LogP contribution in [0.5, 0.6) is 5.75 Å². The summed E-state index contributed by atoms with van der Waals surface area (Å²) < 4.78 is 5.50. The van der Waals surface area contributed by atoms with Crippen LogP contribution < -0.4 is 4.74 Å². The molecule has 3 heterocycles. The maximum absolute atomic E-state index is 12.5. The fourth-order valence-electron chi connectivity index (χ4n) is 3.91. The highest BCUT2D eigenvalue weighted by Gasteiger charge is 2.51. The van der Waals surface area contributed by atoms with Crippen molar-refractivity contribution < 1.29 is 19.1 Å². The zero-order valence-electron chi connectivity index (χ0n) is 14.0. The van der Waals surface area contributed by atoms with Gasteiger partial charge in [-0.1, -0.05) is 18.2 Å². The van der Waals surface area contributed by atoms with E-state index < -0.39 is 0 Å². The maximum Gasteiger partial charge on any atom is 0.327 e. The second-order valence-corrected chi connectivity index (χ2v) is 6.73.